The molecule has 242 valence electrons. The smallest absolute Gasteiger partial charge is 0.164 e. The van der Waals surface area contributed by atoms with Crippen LogP contribution in [0.5, 0.6) is 0 Å². The van der Waals surface area contributed by atoms with Crippen molar-refractivity contribution in [3.63, 3.8) is 0 Å². The van der Waals surface area contributed by atoms with Crippen molar-refractivity contribution >= 4 is 65.3 Å². The Kier molecular flexibility index (Phi) is 6.15. The van der Waals surface area contributed by atoms with Crippen LogP contribution in [0.4, 0.5) is 0 Å². The van der Waals surface area contributed by atoms with Gasteiger partial charge in [0.25, 0.3) is 0 Å². The van der Waals surface area contributed by atoms with Gasteiger partial charge in [0, 0.05) is 49.8 Å². The average molecular weight is 666 g/mol. The van der Waals surface area contributed by atoms with E-state index < -0.39 is 0 Å². The third kappa shape index (κ3) is 4.38. The van der Waals surface area contributed by atoms with Crippen LogP contribution in [0.15, 0.2) is 168 Å². The number of hydrogen-bond acceptors (Lipinski definition) is 5. The van der Waals surface area contributed by atoms with E-state index in [-0.39, 0.29) is 0 Å². The number of fused-ring (bicyclic) bond motifs is 8. The highest BCUT2D eigenvalue weighted by Crippen LogP contribution is 2.38. The molecule has 11 aromatic rings. The number of aromatic nitrogens is 5. The lowest BCUT2D eigenvalue weighted by Gasteiger charge is -2.15. The first-order valence-corrected chi connectivity index (χ1v) is 17.3. The molecule has 6 heteroatoms. The van der Waals surface area contributed by atoms with Gasteiger partial charge in [-0.3, -0.25) is 4.98 Å². The second-order valence-electron chi connectivity index (χ2n) is 13.1. The van der Waals surface area contributed by atoms with Gasteiger partial charge in [0.05, 0.1) is 22.9 Å². The first kappa shape index (κ1) is 28.6. The molecule has 0 aliphatic carbocycles. The van der Waals surface area contributed by atoms with Crippen molar-refractivity contribution in [3.05, 3.63) is 164 Å². The van der Waals surface area contributed by atoms with Crippen molar-refractivity contribution in [3.8, 4) is 39.9 Å². The maximum atomic E-state index is 6.22. The molecule has 0 saturated heterocycles. The molecule has 0 amide bonds. The number of rotatable bonds is 4. The molecule has 0 aliphatic heterocycles. The van der Waals surface area contributed by atoms with Crippen LogP contribution in [-0.4, -0.2) is 24.5 Å². The molecule has 0 radical (unpaired) electrons. The maximum Gasteiger partial charge on any atom is 0.164 e. The van der Waals surface area contributed by atoms with Crippen molar-refractivity contribution < 1.29 is 4.42 Å². The summed E-state index contributed by atoms with van der Waals surface area (Å²) >= 11 is 0. The van der Waals surface area contributed by atoms with E-state index in [0.717, 1.165) is 65.9 Å². The summed E-state index contributed by atoms with van der Waals surface area (Å²) < 4.78 is 8.59. The van der Waals surface area contributed by atoms with E-state index in [1.807, 2.05) is 12.1 Å². The zero-order valence-corrected chi connectivity index (χ0v) is 27.7. The Morgan fingerprint density at radius 3 is 1.83 bits per heavy atom. The van der Waals surface area contributed by atoms with Crippen LogP contribution in [0.3, 0.4) is 0 Å². The van der Waals surface area contributed by atoms with Crippen molar-refractivity contribution in [2.75, 3.05) is 0 Å². The first-order chi connectivity index (χ1) is 25.8. The first-order valence-electron chi connectivity index (χ1n) is 17.3. The molecule has 0 aliphatic rings. The molecular formula is C46H27N5O. The van der Waals surface area contributed by atoms with E-state index in [9.17, 15) is 0 Å². The van der Waals surface area contributed by atoms with Crippen LogP contribution < -0.4 is 0 Å². The lowest BCUT2D eigenvalue weighted by Crippen LogP contribution is -2.02. The molecule has 4 heterocycles. The van der Waals surface area contributed by atoms with Crippen LogP contribution in [0.2, 0.25) is 0 Å². The molecule has 0 N–H and O–H groups in total. The molecule has 0 spiro atoms. The summed E-state index contributed by atoms with van der Waals surface area (Å²) in [7, 11) is 0. The normalized spacial score (nSPS) is 11.8. The Hall–Kier alpha value is -7.18. The molecule has 0 unspecified atom stereocenters. The minimum Gasteiger partial charge on any atom is -0.454 e. The second kappa shape index (κ2) is 11.2. The monoisotopic (exact) mass is 665 g/mol. The third-order valence-electron chi connectivity index (χ3n) is 10.1. The van der Waals surface area contributed by atoms with Gasteiger partial charge >= 0.3 is 0 Å². The van der Waals surface area contributed by atoms with Crippen LogP contribution in [0.25, 0.3) is 105 Å². The summed E-state index contributed by atoms with van der Waals surface area (Å²) in [6, 6.07) is 52.9. The van der Waals surface area contributed by atoms with Crippen molar-refractivity contribution in [2.45, 2.75) is 0 Å². The molecule has 7 aromatic carbocycles. The van der Waals surface area contributed by atoms with E-state index in [1.165, 1.54) is 21.8 Å². The maximum absolute atomic E-state index is 6.22. The van der Waals surface area contributed by atoms with Gasteiger partial charge in [0.2, 0.25) is 0 Å². The summed E-state index contributed by atoms with van der Waals surface area (Å²) in [6.45, 7) is 0. The number of benzene rings is 7. The number of nitrogens with zero attached hydrogens (tertiary/aromatic N) is 5. The fourth-order valence-corrected chi connectivity index (χ4v) is 7.71. The summed E-state index contributed by atoms with van der Waals surface area (Å²) in [5.74, 6) is 1.78. The summed E-state index contributed by atoms with van der Waals surface area (Å²) in [5.41, 5.74) is 7.64. The topological polar surface area (TPSA) is 69.6 Å². The van der Waals surface area contributed by atoms with E-state index in [0.29, 0.717) is 17.5 Å². The summed E-state index contributed by atoms with van der Waals surface area (Å²) in [4.78, 5) is 19.7. The number of para-hydroxylation sites is 2. The fourth-order valence-electron chi connectivity index (χ4n) is 7.71. The number of furan rings is 1. The van der Waals surface area contributed by atoms with Crippen LogP contribution in [0.1, 0.15) is 0 Å². The molecule has 4 aromatic heterocycles. The highest BCUT2D eigenvalue weighted by atomic mass is 16.3. The predicted molar refractivity (Wildman–Crippen MR) is 211 cm³/mol. The number of hydrogen-bond donors (Lipinski definition) is 0. The molecule has 0 bridgehead atoms. The van der Waals surface area contributed by atoms with Crippen molar-refractivity contribution in [1.82, 2.24) is 24.5 Å². The predicted octanol–water partition coefficient (Wildman–Crippen LogP) is 11.6. The number of pyridine rings is 1. The molecule has 11 rings (SSSR count). The zero-order valence-electron chi connectivity index (χ0n) is 27.7. The van der Waals surface area contributed by atoms with Gasteiger partial charge in [0.1, 0.15) is 5.58 Å². The van der Waals surface area contributed by atoms with Gasteiger partial charge in [-0.2, -0.15) is 0 Å². The van der Waals surface area contributed by atoms with Crippen molar-refractivity contribution in [2.24, 2.45) is 0 Å². The largest absolute Gasteiger partial charge is 0.454 e. The highest BCUT2D eigenvalue weighted by Gasteiger charge is 2.19. The van der Waals surface area contributed by atoms with E-state index >= 15 is 0 Å². The average Bonchev–Trinajstić information content (AvgIpc) is 3.75. The van der Waals surface area contributed by atoms with E-state index in [2.05, 4.69) is 149 Å². The second-order valence-corrected chi connectivity index (χ2v) is 13.1. The Bertz CT molecular complexity index is 3160. The summed E-state index contributed by atoms with van der Waals surface area (Å²) in [5, 5.41) is 8.97. The van der Waals surface area contributed by atoms with Gasteiger partial charge in [-0.25, -0.2) is 15.0 Å². The molecule has 0 atom stereocenters. The minimum absolute atomic E-state index is 0.573. The van der Waals surface area contributed by atoms with Gasteiger partial charge in [-0.05, 0) is 64.7 Å². The van der Waals surface area contributed by atoms with Crippen LogP contribution in [0, 0.1) is 0 Å². The fraction of sp³-hybridized carbons (Fsp3) is 0. The molecule has 0 fully saturated rings. The Balaban J connectivity index is 1.15. The molecular weight excluding hydrogens is 639 g/mol. The van der Waals surface area contributed by atoms with Gasteiger partial charge < -0.3 is 8.98 Å². The lowest BCUT2D eigenvalue weighted by molar-refractivity contribution is 0.667. The zero-order chi connectivity index (χ0) is 34.2. The molecule has 0 saturated carbocycles. The Morgan fingerprint density at radius 2 is 1.04 bits per heavy atom. The Labute approximate surface area is 297 Å². The van der Waals surface area contributed by atoms with Crippen LogP contribution in [-0.2, 0) is 0 Å². The van der Waals surface area contributed by atoms with Gasteiger partial charge in [0.15, 0.2) is 23.1 Å². The lowest BCUT2D eigenvalue weighted by atomic mass is 10.0. The van der Waals surface area contributed by atoms with E-state index in [1.54, 1.807) is 12.4 Å². The summed E-state index contributed by atoms with van der Waals surface area (Å²) in [6.07, 6.45) is 3.54. The molecule has 52 heavy (non-hydrogen) atoms. The van der Waals surface area contributed by atoms with E-state index in [4.69, 9.17) is 19.4 Å². The quantitative estimate of drug-likeness (QED) is 0.187. The van der Waals surface area contributed by atoms with Gasteiger partial charge in [-0.15, -0.1) is 0 Å². The van der Waals surface area contributed by atoms with Crippen molar-refractivity contribution in [1.29, 1.82) is 0 Å². The van der Waals surface area contributed by atoms with Crippen LogP contribution >= 0.6 is 0 Å². The highest BCUT2D eigenvalue weighted by molar-refractivity contribution is 6.11. The Morgan fingerprint density at radius 1 is 0.423 bits per heavy atom. The minimum atomic E-state index is 0.573. The third-order valence-corrected chi connectivity index (χ3v) is 10.1. The molecule has 6 nitrogen and oxygen atoms in total. The SMILES string of the molecule is c1ccc2cc(-c3nc(-c4ccc5c(c4)oc4cnccc45)nc(-c4ccc(-n5c6ccccc6c6ccccc65)c5ccccc45)n3)ccc2c1. The van der Waals surface area contributed by atoms with Gasteiger partial charge in [-0.1, -0.05) is 103 Å². The standard InChI is InChI=1S/C46H27N5O/c1-2-10-29-25-30(18-17-28(29)9-1)44-48-45(31-19-20-36-37-23-24-47-27-43(37)52-42(36)26-31)50-46(49-44)38-21-22-41(33-12-4-3-11-32(33)38)51-39-15-7-5-13-34(39)35-14-6-8-16-40(35)51/h1-27H.